The van der Waals surface area contributed by atoms with Crippen molar-refractivity contribution in [3.63, 3.8) is 0 Å². The van der Waals surface area contributed by atoms with Gasteiger partial charge in [-0.15, -0.1) is 0 Å². The highest BCUT2D eigenvalue weighted by Gasteiger charge is 2.42. The molecule has 0 aliphatic heterocycles. The Hall–Kier alpha value is -2.04. The summed E-state index contributed by atoms with van der Waals surface area (Å²) in [6.45, 7) is 1.73. The summed E-state index contributed by atoms with van der Waals surface area (Å²) < 4.78 is 5.43. The fourth-order valence-electron chi connectivity index (χ4n) is 2.54. The molecule has 0 aromatic heterocycles. The van der Waals surface area contributed by atoms with Crippen LogP contribution in [0.2, 0.25) is 0 Å². The van der Waals surface area contributed by atoms with Crippen molar-refractivity contribution >= 4 is 11.9 Å². The minimum Gasteiger partial charge on any atom is -0.484 e. The molecule has 0 bridgehead atoms. The molecule has 1 aliphatic rings. The van der Waals surface area contributed by atoms with Crippen molar-refractivity contribution in [2.75, 3.05) is 6.61 Å². The van der Waals surface area contributed by atoms with Crippen molar-refractivity contribution in [2.45, 2.75) is 38.1 Å². The van der Waals surface area contributed by atoms with E-state index in [0.717, 1.165) is 18.4 Å². The summed E-state index contributed by atoms with van der Waals surface area (Å²) in [4.78, 5) is 23.2. The molecule has 20 heavy (non-hydrogen) atoms. The van der Waals surface area contributed by atoms with Crippen LogP contribution in [0.1, 0.15) is 31.2 Å². The van der Waals surface area contributed by atoms with Crippen LogP contribution in [0.3, 0.4) is 0 Å². The molecular formula is C15H19NO4. The largest absolute Gasteiger partial charge is 0.484 e. The van der Waals surface area contributed by atoms with Crippen molar-refractivity contribution in [1.29, 1.82) is 0 Å². The molecule has 1 aromatic carbocycles. The van der Waals surface area contributed by atoms with Crippen molar-refractivity contribution in [1.82, 2.24) is 5.32 Å². The molecule has 108 valence electrons. The second-order valence-electron chi connectivity index (χ2n) is 5.20. The summed E-state index contributed by atoms with van der Waals surface area (Å²) in [6.07, 6.45) is 2.62. The molecule has 1 fully saturated rings. The maximum Gasteiger partial charge on any atom is 0.329 e. The molecule has 2 rings (SSSR count). The van der Waals surface area contributed by atoms with Gasteiger partial charge in [0, 0.05) is 0 Å². The topological polar surface area (TPSA) is 75.6 Å². The molecule has 0 radical (unpaired) electrons. The van der Waals surface area contributed by atoms with E-state index in [2.05, 4.69) is 5.32 Å². The fourth-order valence-corrected chi connectivity index (χ4v) is 2.54. The molecule has 1 aliphatic carbocycles. The summed E-state index contributed by atoms with van der Waals surface area (Å²) in [5.41, 5.74) is -0.166. The maximum atomic E-state index is 11.9. The average Bonchev–Trinajstić information content (AvgIpc) is 2.88. The molecule has 5 heteroatoms. The van der Waals surface area contributed by atoms with Gasteiger partial charge in [-0.2, -0.15) is 0 Å². The van der Waals surface area contributed by atoms with E-state index in [-0.39, 0.29) is 6.61 Å². The van der Waals surface area contributed by atoms with E-state index in [1.54, 1.807) is 6.07 Å². The number of aliphatic carboxylic acids is 1. The summed E-state index contributed by atoms with van der Waals surface area (Å²) >= 11 is 0. The predicted molar refractivity (Wildman–Crippen MR) is 73.7 cm³/mol. The third-order valence-corrected chi connectivity index (χ3v) is 3.70. The lowest BCUT2D eigenvalue weighted by atomic mass is 9.98. The molecule has 0 atom stereocenters. The number of aryl methyl sites for hydroxylation is 1. The van der Waals surface area contributed by atoms with Crippen LogP contribution in [-0.4, -0.2) is 29.1 Å². The Balaban J connectivity index is 1.92. The first-order valence-corrected chi connectivity index (χ1v) is 6.76. The number of benzene rings is 1. The molecule has 0 heterocycles. The summed E-state index contributed by atoms with van der Waals surface area (Å²) in [5.74, 6) is -0.713. The van der Waals surface area contributed by atoms with Gasteiger partial charge in [0.2, 0.25) is 0 Å². The van der Waals surface area contributed by atoms with Crippen LogP contribution < -0.4 is 10.1 Å². The van der Waals surface area contributed by atoms with Gasteiger partial charge >= 0.3 is 5.97 Å². The van der Waals surface area contributed by atoms with Gasteiger partial charge in [-0.1, -0.05) is 31.0 Å². The maximum absolute atomic E-state index is 11.9. The van der Waals surface area contributed by atoms with Gasteiger partial charge in [-0.25, -0.2) is 4.79 Å². The Labute approximate surface area is 117 Å². The van der Waals surface area contributed by atoms with E-state index in [9.17, 15) is 14.7 Å². The van der Waals surface area contributed by atoms with Gasteiger partial charge in [-0.3, -0.25) is 4.79 Å². The first kappa shape index (κ1) is 14.4. The second kappa shape index (κ2) is 5.94. The lowest BCUT2D eigenvalue weighted by Gasteiger charge is -2.25. The number of rotatable bonds is 5. The van der Waals surface area contributed by atoms with Gasteiger partial charge in [0.15, 0.2) is 6.61 Å². The Morgan fingerprint density at radius 2 is 1.95 bits per heavy atom. The zero-order valence-electron chi connectivity index (χ0n) is 11.5. The number of carboxylic acids is 1. The van der Waals surface area contributed by atoms with Crippen molar-refractivity contribution in [3.05, 3.63) is 29.8 Å². The molecule has 2 N–H and O–H groups in total. The van der Waals surface area contributed by atoms with Crippen LogP contribution in [0.25, 0.3) is 0 Å². The Morgan fingerprint density at radius 3 is 2.55 bits per heavy atom. The fraction of sp³-hybridized carbons (Fsp3) is 0.467. The van der Waals surface area contributed by atoms with Crippen molar-refractivity contribution < 1.29 is 19.4 Å². The molecular weight excluding hydrogens is 258 g/mol. The molecule has 1 saturated carbocycles. The lowest BCUT2D eigenvalue weighted by molar-refractivity contribution is -0.147. The van der Waals surface area contributed by atoms with Gasteiger partial charge in [0.1, 0.15) is 11.3 Å². The number of amides is 1. The first-order chi connectivity index (χ1) is 9.53. The van der Waals surface area contributed by atoms with Crippen LogP contribution >= 0.6 is 0 Å². The minimum atomic E-state index is -1.10. The van der Waals surface area contributed by atoms with E-state index in [0.29, 0.717) is 18.6 Å². The summed E-state index contributed by atoms with van der Waals surface area (Å²) in [7, 11) is 0. The lowest BCUT2D eigenvalue weighted by Crippen LogP contribution is -2.53. The normalized spacial score (nSPS) is 16.6. The highest BCUT2D eigenvalue weighted by atomic mass is 16.5. The van der Waals surface area contributed by atoms with Crippen molar-refractivity contribution in [2.24, 2.45) is 0 Å². The smallest absolute Gasteiger partial charge is 0.329 e. The average molecular weight is 277 g/mol. The summed E-state index contributed by atoms with van der Waals surface area (Å²) in [5, 5.41) is 11.9. The standard InChI is InChI=1S/C15H19NO4/c1-11-6-2-3-7-12(11)20-10-13(17)16-15(14(18)19)8-4-5-9-15/h2-3,6-7H,4-5,8-10H2,1H3,(H,16,17)(H,18,19). The third kappa shape index (κ3) is 3.10. The first-order valence-electron chi connectivity index (χ1n) is 6.76. The third-order valence-electron chi connectivity index (χ3n) is 3.70. The minimum absolute atomic E-state index is 0.167. The number of nitrogens with one attached hydrogen (secondary N) is 1. The molecule has 5 nitrogen and oxygen atoms in total. The zero-order chi connectivity index (χ0) is 14.6. The predicted octanol–water partition coefficient (Wildman–Crippen LogP) is 1.89. The number of ether oxygens (including phenoxy) is 1. The molecule has 1 aromatic rings. The van der Waals surface area contributed by atoms with Gasteiger partial charge in [0.25, 0.3) is 5.91 Å². The van der Waals surface area contributed by atoms with Gasteiger partial charge < -0.3 is 15.2 Å². The molecule has 1 amide bonds. The quantitative estimate of drug-likeness (QED) is 0.861. The second-order valence-corrected chi connectivity index (χ2v) is 5.20. The van der Waals surface area contributed by atoms with Crippen LogP contribution in [0, 0.1) is 6.92 Å². The van der Waals surface area contributed by atoms with E-state index >= 15 is 0 Å². The Kier molecular flexibility index (Phi) is 4.27. The van der Waals surface area contributed by atoms with Crippen molar-refractivity contribution in [3.8, 4) is 5.75 Å². The highest BCUT2D eigenvalue weighted by Crippen LogP contribution is 2.29. The van der Waals surface area contributed by atoms with E-state index in [4.69, 9.17) is 4.74 Å². The number of carbonyl (C=O) groups excluding carboxylic acids is 1. The Bertz CT molecular complexity index is 506. The van der Waals surface area contributed by atoms with Crippen LogP contribution in [-0.2, 0) is 9.59 Å². The number of hydrogen-bond donors (Lipinski definition) is 2. The summed E-state index contributed by atoms with van der Waals surface area (Å²) in [6, 6.07) is 7.39. The number of carbonyl (C=O) groups is 2. The van der Waals surface area contributed by atoms with Gasteiger partial charge in [0.05, 0.1) is 0 Å². The zero-order valence-corrected chi connectivity index (χ0v) is 11.5. The van der Waals surface area contributed by atoms with E-state index < -0.39 is 17.4 Å². The van der Waals surface area contributed by atoms with Gasteiger partial charge in [-0.05, 0) is 31.4 Å². The van der Waals surface area contributed by atoms with Crippen LogP contribution in [0.5, 0.6) is 5.75 Å². The van der Waals surface area contributed by atoms with E-state index in [1.165, 1.54) is 0 Å². The van der Waals surface area contributed by atoms with Crippen LogP contribution in [0.15, 0.2) is 24.3 Å². The Morgan fingerprint density at radius 1 is 1.30 bits per heavy atom. The van der Waals surface area contributed by atoms with E-state index in [1.807, 2.05) is 25.1 Å². The molecule has 0 spiro atoms. The number of hydrogen-bond acceptors (Lipinski definition) is 3. The number of para-hydroxylation sites is 1. The number of carboxylic acid groups (broad SMARTS) is 1. The van der Waals surface area contributed by atoms with Crippen LogP contribution in [0.4, 0.5) is 0 Å². The molecule has 0 saturated heterocycles. The SMILES string of the molecule is Cc1ccccc1OCC(=O)NC1(C(=O)O)CCCC1. The molecule has 0 unspecified atom stereocenters. The highest BCUT2D eigenvalue weighted by molar-refractivity contribution is 5.87. The monoisotopic (exact) mass is 277 g/mol.